The summed E-state index contributed by atoms with van der Waals surface area (Å²) in [6.07, 6.45) is 2.00. The van der Waals surface area contributed by atoms with Crippen LogP contribution in [0.4, 0.5) is 0 Å². The molecule has 136 valence electrons. The van der Waals surface area contributed by atoms with E-state index in [4.69, 9.17) is 5.11 Å². The molecule has 2 aromatic carbocycles. The number of esters is 1. The van der Waals surface area contributed by atoms with Crippen LogP contribution in [0, 0.1) is 0 Å². The zero-order valence-electron chi connectivity index (χ0n) is 13.6. The van der Waals surface area contributed by atoms with Crippen molar-refractivity contribution in [2.75, 3.05) is 7.11 Å². The smallest absolute Gasteiger partial charge is 0.305 e. The zero-order chi connectivity index (χ0) is 17.8. The van der Waals surface area contributed by atoms with Crippen molar-refractivity contribution >= 4 is 27.9 Å². The molecule has 0 saturated heterocycles. The van der Waals surface area contributed by atoms with Gasteiger partial charge < -0.3 is 9.84 Å². The average molecular weight is 409 g/mol. The van der Waals surface area contributed by atoms with Crippen molar-refractivity contribution in [3.63, 3.8) is 0 Å². The topological polar surface area (TPSA) is 63.6 Å². The number of aryl methyl sites for hydroxylation is 2. The fourth-order valence-electron chi connectivity index (χ4n) is 1.94. The molecule has 0 spiro atoms. The van der Waals surface area contributed by atoms with Crippen LogP contribution < -0.4 is 0 Å². The maximum atomic E-state index is 10.8. The molecule has 0 unspecified atom stereocenters. The average Bonchev–Trinajstić information content (AvgIpc) is 2.59. The van der Waals surface area contributed by atoms with Gasteiger partial charge in [-0.25, -0.2) is 0 Å². The van der Waals surface area contributed by atoms with Gasteiger partial charge in [0.05, 0.1) is 7.11 Å². The Hall–Kier alpha value is -2.14. The van der Waals surface area contributed by atoms with Crippen LogP contribution in [0.2, 0.25) is 0 Å². The van der Waals surface area contributed by atoms with Gasteiger partial charge in [0.2, 0.25) is 0 Å². The van der Waals surface area contributed by atoms with Gasteiger partial charge in [0, 0.05) is 17.3 Å². The number of carboxylic acid groups (broad SMARTS) is 1. The van der Waals surface area contributed by atoms with Gasteiger partial charge in [-0.15, -0.1) is 0 Å². The molecule has 0 aliphatic rings. The lowest BCUT2D eigenvalue weighted by atomic mass is 10.1. The number of carbonyl (C=O) groups is 2. The monoisotopic (exact) mass is 408 g/mol. The highest BCUT2D eigenvalue weighted by atomic mass is 79.9. The van der Waals surface area contributed by atoms with Crippen LogP contribution in [0.3, 0.4) is 0 Å². The van der Waals surface area contributed by atoms with Crippen molar-refractivity contribution in [3.05, 3.63) is 70.2 Å². The number of rotatable bonds is 6. The number of benzene rings is 2. The third-order valence-electron chi connectivity index (χ3n) is 3.20. The third kappa shape index (κ3) is 11.1. The van der Waals surface area contributed by atoms with E-state index in [-0.39, 0.29) is 19.8 Å². The Labute approximate surface area is 158 Å². The summed E-state index contributed by atoms with van der Waals surface area (Å²) in [6.45, 7) is 0. The molecule has 0 radical (unpaired) electrons. The van der Waals surface area contributed by atoms with Crippen LogP contribution >= 0.6 is 15.9 Å². The molecule has 0 heterocycles. The summed E-state index contributed by atoms with van der Waals surface area (Å²) >= 11 is 3.37. The fraction of sp³-hybridized carbons (Fsp3) is 0.300. The number of hydrogen-bond donors (Lipinski definition) is 1. The zero-order valence-corrected chi connectivity index (χ0v) is 15.2. The summed E-state index contributed by atoms with van der Waals surface area (Å²) < 4.78 is 5.59. The minimum Gasteiger partial charge on any atom is -0.481 e. The van der Waals surface area contributed by atoms with E-state index >= 15 is 0 Å². The van der Waals surface area contributed by atoms with E-state index in [0.717, 1.165) is 22.0 Å². The van der Waals surface area contributed by atoms with Crippen molar-refractivity contribution in [1.29, 1.82) is 0 Å². The normalized spacial score (nSPS) is 9.20. The standard InChI is InChI=1S/C10H11BrO2.C9H10O2.CH4/c1-13-10(12)6-5-8-3-2-4-9(11)7-8;10-9(11)7-6-8-4-2-1-3-5-8;/h2-4,7H,5-6H2,1H3;1-5H,6-7H2,(H,10,11);1H4. The molecule has 0 saturated carbocycles. The summed E-state index contributed by atoms with van der Waals surface area (Å²) in [6, 6.07) is 17.5. The number of ether oxygens (including phenoxy) is 1. The van der Waals surface area contributed by atoms with Crippen LogP contribution in [0.1, 0.15) is 31.4 Å². The lowest BCUT2D eigenvalue weighted by Gasteiger charge is -2.00. The number of halogens is 1. The molecule has 0 aromatic heterocycles. The van der Waals surface area contributed by atoms with Crippen LogP contribution in [0.5, 0.6) is 0 Å². The second kappa shape index (κ2) is 13.2. The van der Waals surface area contributed by atoms with Gasteiger partial charge in [-0.3, -0.25) is 9.59 Å². The summed E-state index contributed by atoms with van der Waals surface area (Å²) in [5.41, 5.74) is 2.22. The molecule has 0 bridgehead atoms. The van der Waals surface area contributed by atoms with Crippen molar-refractivity contribution in [2.45, 2.75) is 33.1 Å². The van der Waals surface area contributed by atoms with Crippen molar-refractivity contribution in [2.24, 2.45) is 0 Å². The van der Waals surface area contributed by atoms with Crippen LogP contribution in [-0.2, 0) is 27.2 Å². The van der Waals surface area contributed by atoms with E-state index in [2.05, 4.69) is 20.7 Å². The molecular weight excluding hydrogens is 384 g/mol. The van der Waals surface area contributed by atoms with Crippen molar-refractivity contribution in [1.82, 2.24) is 0 Å². The van der Waals surface area contributed by atoms with Gasteiger partial charge in [0.1, 0.15) is 0 Å². The Morgan fingerprint density at radius 1 is 0.960 bits per heavy atom. The Morgan fingerprint density at radius 2 is 1.56 bits per heavy atom. The predicted molar refractivity (Wildman–Crippen MR) is 104 cm³/mol. The summed E-state index contributed by atoms with van der Waals surface area (Å²) in [5, 5.41) is 8.37. The van der Waals surface area contributed by atoms with Crippen molar-refractivity contribution < 1.29 is 19.4 Å². The molecule has 1 N–H and O–H groups in total. The van der Waals surface area contributed by atoms with E-state index < -0.39 is 5.97 Å². The van der Waals surface area contributed by atoms with E-state index in [1.165, 1.54) is 7.11 Å². The molecule has 25 heavy (non-hydrogen) atoms. The molecule has 0 aliphatic heterocycles. The summed E-state index contributed by atoms with van der Waals surface area (Å²) in [4.78, 5) is 21.0. The first-order chi connectivity index (χ1) is 11.5. The lowest BCUT2D eigenvalue weighted by molar-refractivity contribution is -0.140. The number of aliphatic carboxylic acids is 1. The first-order valence-corrected chi connectivity index (χ1v) is 8.37. The van der Waals surface area contributed by atoms with E-state index in [1.54, 1.807) is 0 Å². The number of carbonyl (C=O) groups excluding carboxylic acids is 1. The third-order valence-corrected chi connectivity index (χ3v) is 3.70. The fourth-order valence-corrected chi connectivity index (χ4v) is 2.38. The Balaban J connectivity index is 0.000000449. The van der Waals surface area contributed by atoms with Crippen LogP contribution in [0.15, 0.2) is 59.1 Å². The second-order valence-electron chi connectivity index (χ2n) is 5.09. The van der Waals surface area contributed by atoms with Crippen molar-refractivity contribution in [3.8, 4) is 0 Å². The molecule has 0 aliphatic carbocycles. The molecule has 2 rings (SSSR count). The van der Waals surface area contributed by atoms with Crippen LogP contribution in [0.25, 0.3) is 0 Å². The highest BCUT2D eigenvalue weighted by Gasteiger charge is 2.01. The molecule has 0 atom stereocenters. The molecule has 2 aromatic rings. The Morgan fingerprint density at radius 3 is 2.12 bits per heavy atom. The van der Waals surface area contributed by atoms with E-state index in [0.29, 0.717) is 12.8 Å². The Bertz CT molecular complexity index is 641. The maximum Gasteiger partial charge on any atom is 0.305 e. The lowest BCUT2D eigenvalue weighted by Crippen LogP contribution is -2.01. The Kier molecular flexibility index (Phi) is 12.1. The number of methoxy groups -OCH3 is 1. The van der Waals surface area contributed by atoms with Gasteiger partial charge >= 0.3 is 11.9 Å². The van der Waals surface area contributed by atoms with Gasteiger partial charge in [-0.05, 0) is 36.1 Å². The first-order valence-electron chi connectivity index (χ1n) is 7.58. The van der Waals surface area contributed by atoms with E-state index in [9.17, 15) is 9.59 Å². The SMILES string of the molecule is C.COC(=O)CCc1cccc(Br)c1.O=C(O)CCc1ccccc1. The highest BCUT2D eigenvalue weighted by molar-refractivity contribution is 9.10. The molecular formula is C20H25BrO4. The number of hydrogen-bond acceptors (Lipinski definition) is 3. The summed E-state index contributed by atoms with van der Waals surface area (Å²) in [7, 11) is 1.41. The second-order valence-corrected chi connectivity index (χ2v) is 6.00. The minimum absolute atomic E-state index is 0. The predicted octanol–water partition coefficient (Wildman–Crippen LogP) is 4.89. The van der Waals surface area contributed by atoms with Crippen LogP contribution in [-0.4, -0.2) is 24.2 Å². The van der Waals surface area contributed by atoms with E-state index in [1.807, 2.05) is 54.6 Å². The molecule has 4 nitrogen and oxygen atoms in total. The van der Waals surface area contributed by atoms with Gasteiger partial charge in [0.25, 0.3) is 0 Å². The molecule has 5 heteroatoms. The maximum absolute atomic E-state index is 10.8. The highest BCUT2D eigenvalue weighted by Crippen LogP contribution is 2.13. The largest absolute Gasteiger partial charge is 0.481 e. The van der Waals surface area contributed by atoms with Gasteiger partial charge in [-0.1, -0.05) is 65.8 Å². The number of carboxylic acids is 1. The first kappa shape index (κ1) is 22.9. The molecule has 0 amide bonds. The van der Waals surface area contributed by atoms with Gasteiger partial charge in [-0.2, -0.15) is 0 Å². The molecule has 0 fully saturated rings. The minimum atomic E-state index is -0.742. The van der Waals surface area contributed by atoms with Gasteiger partial charge in [0.15, 0.2) is 0 Å². The summed E-state index contributed by atoms with van der Waals surface area (Å²) in [5.74, 6) is -0.908. The quantitative estimate of drug-likeness (QED) is 0.690.